The van der Waals surface area contributed by atoms with Crippen molar-refractivity contribution in [2.75, 3.05) is 0 Å². The zero-order valence-corrected chi connectivity index (χ0v) is 17.6. The van der Waals surface area contributed by atoms with Crippen molar-refractivity contribution >= 4 is 16.8 Å². The van der Waals surface area contributed by atoms with Gasteiger partial charge in [0.15, 0.2) is 0 Å². The summed E-state index contributed by atoms with van der Waals surface area (Å²) in [6.45, 7) is 0.912. The molecule has 32 heavy (non-hydrogen) atoms. The average molecular weight is 428 g/mol. The first kappa shape index (κ1) is 20.1. The Morgan fingerprint density at radius 2 is 1.88 bits per heavy atom. The van der Waals surface area contributed by atoms with Crippen molar-refractivity contribution in [3.05, 3.63) is 88.0 Å². The number of carbonyl (C=O) groups excluding carboxylic acids is 1. The lowest BCUT2D eigenvalue weighted by Gasteiger charge is -2.24. The number of hydrogen-bond donors (Lipinski definition) is 1. The van der Waals surface area contributed by atoms with Crippen LogP contribution >= 0.6 is 0 Å². The first-order chi connectivity index (χ1) is 15.7. The zero-order chi connectivity index (χ0) is 21.9. The van der Waals surface area contributed by atoms with Crippen molar-refractivity contribution in [2.24, 2.45) is 0 Å². The van der Waals surface area contributed by atoms with Crippen LogP contribution in [0.25, 0.3) is 10.9 Å². The largest absolute Gasteiger partial charge is 0.349 e. The van der Waals surface area contributed by atoms with Gasteiger partial charge in [0, 0.05) is 17.7 Å². The van der Waals surface area contributed by atoms with Gasteiger partial charge in [-0.25, -0.2) is 4.68 Å². The molecule has 2 heterocycles. The molecule has 1 amide bonds. The maximum Gasteiger partial charge on any atom is 0.277 e. The van der Waals surface area contributed by atoms with Gasteiger partial charge in [0.1, 0.15) is 5.52 Å². The first-order valence-electron chi connectivity index (χ1n) is 10.9. The molecule has 0 saturated carbocycles. The van der Waals surface area contributed by atoms with Crippen LogP contribution in [0.15, 0.2) is 65.6 Å². The summed E-state index contributed by atoms with van der Waals surface area (Å²) < 4.78 is 3.29. The second kappa shape index (κ2) is 8.74. The van der Waals surface area contributed by atoms with E-state index in [0.29, 0.717) is 10.9 Å². The second-order valence-corrected chi connectivity index (χ2v) is 8.09. The standard InChI is InChI=1S/C24H24N6O2/c31-23(13-14-29-24(32)18-9-4-5-10-21(18)27-28-29)26-20-11-6-12-22-19(20)15-25-30(22)16-17-7-2-1-3-8-17/h1-5,7-10,15,20H,6,11-14,16H2,(H,26,31). The van der Waals surface area contributed by atoms with Gasteiger partial charge in [-0.1, -0.05) is 47.7 Å². The summed E-state index contributed by atoms with van der Waals surface area (Å²) in [5.74, 6) is -0.111. The van der Waals surface area contributed by atoms with Crippen molar-refractivity contribution in [1.82, 2.24) is 30.1 Å². The Morgan fingerprint density at radius 3 is 2.75 bits per heavy atom. The highest BCUT2D eigenvalue weighted by Gasteiger charge is 2.25. The van der Waals surface area contributed by atoms with Gasteiger partial charge in [-0.05, 0) is 37.0 Å². The van der Waals surface area contributed by atoms with Crippen LogP contribution in [0.5, 0.6) is 0 Å². The molecular formula is C24H24N6O2. The van der Waals surface area contributed by atoms with E-state index in [4.69, 9.17) is 0 Å². The molecule has 1 aliphatic carbocycles. The summed E-state index contributed by atoms with van der Waals surface area (Å²) in [6, 6.07) is 17.3. The summed E-state index contributed by atoms with van der Waals surface area (Å²) in [5.41, 5.74) is 3.79. The topological polar surface area (TPSA) is 94.7 Å². The molecule has 0 aliphatic heterocycles. The molecule has 0 bridgehead atoms. The van der Waals surface area contributed by atoms with E-state index in [1.165, 1.54) is 15.9 Å². The van der Waals surface area contributed by atoms with Crippen molar-refractivity contribution < 1.29 is 4.79 Å². The molecule has 162 valence electrons. The number of benzene rings is 2. The molecule has 1 unspecified atom stereocenters. The van der Waals surface area contributed by atoms with Crippen LogP contribution in [-0.4, -0.2) is 30.7 Å². The molecule has 1 aliphatic rings. The maximum atomic E-state index is 12.7. The van der Waals surface area contributed by atoms with Crippen molar-refractivity contribution in [3.8, 4) is 0 Å². The minimum absolute atomic E-state index is 0.0600. The van der Waals surface area contributed by atoms with E-state index in [1.807, 2.05) is 35.1 Å². The summed E-state index contributed by atoms with van der Waals surface area (Å²) in [4.78, 5) is 25.2. The molecule has 2 aromatic heterocycles. The van der Waals surface area contributed by atoms with E-state index in [9.17, 15) is 9.59 Å². The van der Waals surface area contributed by atoms with Gasteiger partial charge >= 0.3 is 0 Å². The van der Waals surface area contributed by atoms with Gasteiger partial charge in [-0.15, -0.1) is 5.10 Å². The number of amides is 1. The van der Waals surface area contributed by atoms with Crippen molar-refractivity contribution in [3.63, 3.8) is 0 Å². The Morgan fingerprint density at radius 1 is 1.06 bits per heavy atom. The van der Waals surface area contributed by atoms with E-state index in [0.717, 1.165) is 31.4 Å². The monoisotopic (exact) mass is 428 g/mol. The lowest BCUT2D eigenvalue weighted by molar-refractivity contribution is -0.122. The smallest absolute Gasteiger partial charge is 0.277 e. The molecule has 0 saturated heterocycles. The van der Waals surface area contributed by atoms with Gasteiger partial charge in [-0.2, -0.15) is 5.10 Å². The van der Waals surface area contributed by atoms with Crippen LogP contribution in [-0.2, 0) is 24.3 Å². The highest BCUT2D eigenvalue weighted by Crippen LogP contribution is 2.30. The predicted molar refractivity (Wildman–Crippen MR) is 120 cm³/mol. The number of aryl methyl sites for hydroxylation is 1. The van der Waals surface area contributed by atoms with Crippen LogP contribution in [0.1, 0.15) is 42.1 Å². The van der Waals surface area contributed by atoms with Gasteiger partial charge in [0.25, 0.3) is 5.56 Å². The minimum atomic E-state index is -0.231. The molecule has 5 rings (SSSR count). The van der Waals surface area contributed by atoms with Crippen LogP contribution in [0.2, 0.25) is 0 Å². The van der Waals surface area contributed by atoms with E-state index in [1.54, 1.807) is 18.2 Å². The SMILES string of the molecule is O=C(CCn1nnc2ccccc2c1=O)NC1CCCc2c1cnn2Cc1ccccc1. The number of nitrogens with zero attached hydrogens (tertiary/aromatic N) is 5. The third kappa shape index (κ3) is 4.03. The fourth-order valence-corrected chi connectivity index (χ4v) is 4.30. The first-order valence-corrected chi connectivity index (χ1v) is 10.9. The normalized spacial score (nSPS) is 15.4. The Kier molecular flexibility index (Phi) is 5.49. The fourth-order valence-electron chi connectivity index (χ4n) is 4.30. The summed E-state index contributed by atoms with van der Waals surface area (Å²) >= 11 is 0. The number of carbonyl (C=O) groups is 1. The molecule has 1 N–H and O–H groups in total. The summed E-state index contributed by atoms with van der Waals surface area (Å²) in [6.07, 6.45) is 4.87. The number of nitrogens with one attached hydrogen (secondary N) is 1. The Balaban J connectivity index is 1.25. The molecule has 4 aromatic rings. The summed E-state index contributed by atoms with van der Waals surface area (Å²) in [7, 11) is 0. The number of aromatic nitrogens is 5. The lowest BCUT2D eigenvalue weighted by Crippen LogP contribution is -2.33. The molecule has 1 atom stereocenters. The molecule has 2 aromatic carbocycles. The highest BCUT2D eigenvalue weighted by atomic mass is 16.2. The predicted octanol–water partition coefficient (Wildman–Crippen LogP) is 2.62. The molecule has 0 fully saturated rings. The van der Waals surface area contributed by atoms with Gasteiger partial charge in [-0.3, -0.25) is 14.3 Å². The average Bonchev–Trinajstić information content (AvgIpc) is 3.23. The summed E-state index contributed by atoms with van der Waals surface area (Å²) in [5, 5.41) is 16.3. The molecule has 8 nitrogen and oxygen atoms in total. The van der Waals surface area contributed by atoms with E-state index < -0.39 is 0 Å². The van der Waals surface area contributed by atoms with Gasteiger partial charge < -0.3 is 5.32 Å². The lowest BCUT2D eigenvalue weighted by atomic mass is 9.92. The van der Waals surface area contributed by atoms with Crippen LogP contribution in [0.4, 0.5) is 0 Å². The third-order valence-corrected chi connectivity index (χ3v) is 5.95. The number of fused-ring (bicyclic) bond motifs is 2. The zero-order valence-electron chi connectivity index (χ0n) is 17.6. The Labute approximate surface area is 184 Å². The van der Waals surface area contributed by atoms with Crippen LogP contribution < -0.4 is 10.9 Å². The van der Waals surface area contributed by atoms with Crippen molar-refractivity contribution in [1.29, 1.82) is 0 Å². The van der Waals surface area contributed by atoms with E-state index in [-0.39, 0.29) is 30.5 Å². The Hall–Kier alpha value is -3.81. The van der Waals surface area contributed by atoms with E-state index >= 15 is 0 Å². The highest BCUT2D eigenvalue weighted by molar-refractivity contribution is 5.77. The van der Waals surface area contributed by atoms with Gasteiger partial charge in [0.05, 0.1) is 30.7 Å². The van der Waals surface area contributed by atoms with E-state index in [2.05, 4.69) is 32.9 Å². The Bertz CT molecular complexity index is 1310. The maximum absolute atomic E-state index is 12.7. The molecular weight excluding hydrogens is 404 g/mol. The second-order valence-electron chi connectivity index (χ2n) is 8.09. The van der Waals surface area contributed by atoms with Crippen LogP contribution in [0.3, 0.4) is 0 Å². The van der Waals surface area contributed by atoms with Crippen molar-refractivity contribution in [2.45, 2.75) is 44.8 Å². The van der Waals surface area contributed by atoms with Gasteiger partial charge in [0.2, 0.25) is 5.91 Å². The quantitative estimate of drug-likeness (QED) is 0.509. The number of rotatable bonds is 6. The third-order valence-electron chi connectivity index (χ3n) is 5.95. The fraction of sp³-hybridized carbons (Fsp3) is 0.292. The number of hydrogen-bond acceptors (Lipinski definition) is 5. The molecule has 0 spiro atoms. The van der Waals surface area contributed by atoms with Crippen LogP contribution in [0, 0.1) is 0 Å². The molecule has 0 radical (unpaired) electrons. The molecule has 8 heteroatoms. The minimum Gasteiger partial charge on any atom is -0.349 e.